The number of rotatable bonds is 7. The average molecular weight is 501 g/mol. The Labute approximate surface area is 204 Å². The largest absolute Gasteiger partial charge is 0.350 e. The van der Waals surface area contributed by atoms with E-state index in [-0.39, 0.29) is 30.1 Å². The molecule has 1 aliphatic heterocycles. The maximum absolute atomic E-state index is 12.8. The molecule has 0 bridgehead atoms. The molecule has 0 saturated carbocycles. The third-order valence-corrected chi connectivity index (χ3v) is 7.29. The van der Waals surface area contributed by atoms with Crippen molar-refractivity contribution in [3.63, 3.8) is 0 Å². The third-order valence-electron chi connectivity index (χ3n) is 5.20. The highest BCUT2D eigenvalue weighted by molar-refractivity contribution is 8.18. The molecule has 2 aromatic heterocycles. The van der Waals surface area contributed by atoms with E-state index in [9.17, 15) is 14.4 Å². The zero-order valence-corrected chi connectivity index (χ0v) is 20.4. The fourth-order valence-electron chi connectivity index (χ4n) is 3.53. The van der Waals surface area contributed by atoms with Gasteiger partial charge >= 0.3 is 0 Å². The number of aryl methyl sites for hydroxylation is 1. The SMILES string of the molecule is Cc1nn(Cc2ccccc2Cl)c(C)c1C(=O)NCCN1C(=O)S/C(=C\c2cccs2)C1=O. The summed E-state index contributed by atoms with van der Waals surface area (Å²) in [5.74, 6) is -0.635. The lowest BCUT2D eigenvalue weighted by atomic mass is 10.1. The van der Waals surface area contributed by atoms with Gasteiger partial charge in [0.25, 0.3) is 17.1 Å². The minimum atomic E-state index is -0.340. The van der Waals surface area contributed by atoms with Crippen LogP contribution in [0, 0.1) is 13.8 Å². The van der Waals surface area contributed by atoms with Gasteiger partial charge in [0.2, 0.25) is 0 Å². The number of amides is 3. The lowest BCUT2D eigenvalue weighted by Crippen LogP contribution is -2.37. The molecule has 0 aliphatic carbocycles. The number of hydrogen-bond donors (Lipinski definition) is 1. The molecule has 0 unspecified atom stereocenters. The summed E-state index contributed by atoms with van der Waals surface area (Å²) in [6.07, 6.45) is 1.72. The molecule has 3 heterocycles. The van der Waals surface area contributed by atoms with Gasteiger partial charge in [0.05, 0.1) is 22.7 Å². The highest BCUT2D eigenvalue weighted by Gasteiger charge is 2.34. The molecular formula is C23H21ClN4O3S2. The van der Waals surface area contributed by atoms with Crippen LogP contribution in [0.5, 0.6) is 0 Å². The summed E-state index contributed by atoms with van der Waals surface area (Å²) in [4.78, 5) is 40.2. The zero-order chi connectivity index (χ0) is 23.5. The van der Waals surface area contributed by atoms with E-state index >= 15 is 0 Å². The monoisotopic (exact) mass is 500 g/mol. The average Bonchev–Trinajstić information content (AvgIpc) is 3.45. The number of carbonyl (C=O) groups is 3. The first-order valence-electron chi connectivity index (χ1n) is 10.2. The van der Waals surface area contributed by atoms with Crippen LogP contribution in [0.25, 0.3) is 6.08 Å². The normalized spacial score (nSPS) is 15.0. The molecule has 0 radical (unpaired) electrons. The molecule has 1 saturated heterocycles. The van der Waals surface area contributed by atoms with Crippen LogP contribution < -0.4 is 5.32 Å². The second kappa shape index (κ2) is 9.94. The fourth-order valence-corrected chi connectivity index (χ4v) is 5.32. The van der Waals surface area contributed by atoms with Crippen LogP contribution in [0.15, 0.2) is 46.7 Å². The molecule has 4 rings (SSSR count). The minimum Gasteiger partial charge on any atom is -0.350 e. The Hall–Kier alpha value is -2.88. The summed E-state index contributed by atoms with van der Waals surface area (Å²) >= 11 is 8.66. The minimum absolute atomic E-state index is 0.101. The van der Waals surface area contributed by atoms with E-state index in [0.29, 0.717) is 27.7 Å². The first-order valence-corrected chi connectivity index (χ1v) is 12.3. The number of benzene rings is 1. The fraction of sp³-hybridized carbons (Fsp3) is 0.217. The second-order valence-electron chi connectivity index (χ2n) is 7.40. The van der Waals surface area contributed by atoms with Crippen LogP contribution in [0.4, 0.5) is 4.79 Å². The van der Waals surface area contributed by atoms with Crippen molar-refractivity contribution in [1.29, 1.82) is 0 Å². The number of thioether (sulfide) groups is 1. The Bertz CT molecular complexity index is 1250. The number of halogens is 1. The number of nitrogens with zero attached hydrogens (tertiary/aromatic N) is 3. The molecule has 3 aromatic rings. The van der Waals surface area contributed by atoms with Crippen LogP contribution >= 0.6 is 34.7 Å². The molecule has 3 amide bonds. The van der Waals surface area contributed by atoms with Crippen molar-refractivity contribution in [1.82, 2.24) is 20.0 Å². The highest BCUT2D eigenvalue weighted by atomic mass is 35.5. The Balaban J connectivity index is 1.38. The maximum atomic E-state index is 12.8. The molecule has 170 valence electrons. The van der Waals surface area contributed by atoms with E-state index in [1.165, 1.54) is 11.3 Å². The van der Waals surface area contributed by atoms with Crippen LogP contribution in [0.1, 0.15) is 32.2 Å². The van der Waals surface area contributed by atoms with Gasteiger partial charge in [-0.05, 0) is 54.8 Å². The summed E-state index contributed by atoms with van der Waals surface area (Å²) in [6.45, 7) is 4.31. The number of thiophene rings is 1. The van der Waals surface area contributed by atoms with Gasteiger partial charge in [0.1, 0.15) is 0 Å². The quantitative estimate of drug-likeness (QED) is 0.474. The molecule has 0 spiro atoms. The van der Waals surface area contributed by atoms with Gasteiger partial charge < -0.3 is 5.32 Å². The molecule has 10 heteroatoms. The number of imide groups is 1. The number of hydrogen-bond acceptors (Lipinski definition) is 6. The highest BCUT2D eigenvalue weighted by Crippen LogP contribution is 2.32. The molecule has 1 N–H and O–H groups in total. The van der Waals surface area contributed by atoms with E-state index in [0.717, 1.165) is 32.8 Å². The third kappa shape index (κ3) is 5.05. The smallest absolute Gasteiger partial charge is 0.293 e. The number of nitrogens with one attached hydrogen (secondary N) is 1. The van der Waals surface area contributed by atoms with Gasteiger partial charge in [-0.1, -0.05) is 35.9 Å². The van der Waals surface area contributed by atoms with Gasteiger partial charge in [-0.3, -0.25) is 24.0 Å². The predicted molar refractivity (Wildman–Crippen MR) is 132 cm³/mol. The number of aromatic nitrogens is 2. The van der Waals surface area contributed by atoms with Gasteiger partial charge in [-0.15, -0.1) is 11.3 Å². The lowest BCUT2D eigenvalue weighted by Gasteiger charge is -2.13. The summed E-state index contributed by atoms with van der Waals surface area (Å²) in [5.41, 5.74) is 2.71. The van der Waals surface area contributed by atoms with Gasteiger partial charge in [-0.2, -0.15) is 5.10 Å². The molecule has 1 fully saturated rings. The van der Waals surface area contributed by atoms with Gasteiger partial charge in [0.15, 0.2) is 0 Å². The molecule has 0 atom stereocenters. The van der Waals surface area contributed by atoms with E-state index in [2.05, 4.69) is 10.4 Å². The van der Waals surface area contributed by atoms with Crippen LogP contribution in [0.3, 0.4) is 0 Å². The molecule has 1 aliphatic rings. The predicted octanol–water partition coefficient (Wildman–Crippen LogP) is 4.73. The van der Waals surface area contributed by atoms with Gasteiger partial charge in [-0.25, -0.2) is 0 Å². The maximum Gasteiger partial charge on any atom is 0.293 e. The molecule has 7 nitrogen and oxygen atoms in total. The van der Waals surface area contributed by atoms with Crippen molar-refractivity contribution >= 4 is 57.8 Å². The van der Waals surface area contributed by atoms with Gasteiger partial charge in [0, 0.05) is 28.7 Å². The van der Waals surface area contributed by atoms with E-state index in [1.807, 2.05) is 48.7 Å². The van der Waals surface area contributed by atoms with Crippen molar-refractivity contribution in [2.45, 2.75) is 20.4 Å². The van der Waals surface area contributed by atoms with E-state index < -0.39 is 0 Å². The summed E-state index contributed by atoms with van der Waals surface area (Å²) in [6, 6.07) is 11.3. The Kier molecular flexibility index (Phi) is 7.02. The van der Waals surface area contributed by atoms with Crippen LogP contribution in [-0.2, 0) is 11.3 Å². The number of carbonyl (C=O) groups excluding carboxylic acids is 3. The summed E-state index contributed by atoms with van der Waals surface area (Å²) in [7, 11) is 0. The van der Waals surface area contributed by atoms with Crippen LogP contribution in [0.2, 0.25) is 5.02 Å². The Morgan fingerprint density at radius 3 is 2.70 bits per heavy atom. The molecule has 33 heavy (non-hydrogen) atoms. The Morgan fingerprint density at radius 2 is 1.97 bits per heavy atom. The van der Waals surface area contributed by atoms with Crippen molar-refractivity contribution in [3.05, 3.63) is 79.1 Å². The topological polar surface area (TPSA) is 84.3 Å². The lowest BCUT2D eigenvalue weighted by molar-refractivity contribution is -0.122. The summed E-state index contributed by atoms with van der Waals surface area (Å²) in [5, 5.41) is 9.51. The molecule has 1 aromatic carbocycles. The summed E-state index contributed by atoms with van der Waals surface area (Å²) < 4.78 is 1.75. The Morgan fingerprint density at radius 1 is 1.18 bits per heavy atom. The van der Waals surface area contributed by atoms with Crippen molar-refractivity contribution in [2.24, 2.45) is 0 Å². The first kappa shape index (κ1) is 23.3. The van der Waals surface area contributed by atoms with E-state index in [1.54, 1.807) is 17.7 Å². The van der Waals surface area contributed by atoms with Crippen molar-refractivity contribution in [3.8, 4) is 0 Å². The zero-order valence-electron chi connectivity index (χ0n) is 18.0. The standard InChI is InChI=1S/C23H21ClN4O3S2/c1-14-20(15(2)28(26-14)13-16-6-3-4-8-18(16)24)21(29)25-9-10-27-22(30)19(33-23(27)31)12-17-7-5-11-32-17/h3-8,11-12H,9-10,13H2,1-2H3,(H,25,29)/b19-12-. The van der Waals surface area contributed by atoms with Crippen LogP contribution in [-0.4, -0.2) is 44.8 Å². The second-order valence-corrected chi connectivity index (χ2v) is 9.78. The van der Waals surface area contributed by atoms with Crippen molar-refractivity contribution in [2.75, 3.05) is 13.1 Å². The molecular weight excluding hydrogens is 480 g/mol. The van der Waals surface area contributed by atoms with E-state index in [4.69, 9.17) is 11.6 Å². The van der Waals surface area contributed by atoms with Crippen molar-refractivity contribution < 1.29 is 14.4 Å². The first-order chi connectivity index (χ1) is 15.8.